The van der Waals surface area contributed by atoms with Crippen LogP contribution in [0.4, 0.5) is 0 Å². The summed E-state index contributed by atoms with van der Waals surface area (Å²) in [6, 6.07) is 0.668. The summed E-state index contributed by atoms with van der Waals surface area (Å²) in [6.07, 6.45) is 11.6. The van der Waals surface area contributed by atoms with Gasteiger partial charge in [-0.05, 0) is 25.7 Å². The molecule has 2 nitrogen and oxygen atoms in total. The van der Waals surface area contributed by atoms with Crippen molar-refractivity contribution in [1.29, 1.82) is 0 Å². The lowest BCUT2D eigenvalue weighted by Crippen LogP contribution is -2.34. The average molecular weight is 224 g/mol. The first-order chi connectivity index (χ1) is 7.86. The summed E-state index contributed by atoms with van der Waals surface area (Å²) >= 11 is 0. The van der Waals surface area contributed by atoms with E-state index in [4.69, 9.17) is 0 Å². The maximum atomic E-state index is 4.66. The van der Waals surface area contributed by atoms with Gasteiger partial charge in [-0.25, -0.2) is 0 Å². The van der Waals surface area contributed by atoms with Crippen LogP contribution >= 0.6 is 0 Å². The third-order valence-corrected chi connectivity index (χ3v) is 3.29. The zero-order chi connectivity index (χ0) is 11.6. The molecule has 0 spiro atoms. The zero-order valence-electron chi connectivity index (χ0n) is 11.1. The van der Waals surface area contributed by atoms with Crippen LogP contribution < -0.4 is 5.32 Å². The van der Waals surface area contributed by atoms with E-state index in [1.807, 2.05) is 0 Å². The lowest BCUT2D eigenvalue weighted by Gasteiger charge is -2.20. The molecule has 0 saturated carbocycles. The number of hydrogen-bond acceptors (Lipinski definition) is 2. The third-order valence-electron chi connectivity index (χ3n) is 3.29. The molecule has 1 atom stereocenters. The molecule has 0 saturated heterocycles. The van der Waals surface area contributed by atoms with Crippen LogP contribution in [0.2, 0.25) is 0 Å². The van der Waals surface area contributed by atoms with Crippen LogP contribution in [0.5, 0.6) is 0 Å². The van der Waals surface area contributed by atoms with E-state index in [9.17, 15) is 0 Å². The fraction of sp³-hybridized carbons (Fsp3) is 0.929. The van der Waals surface area contributed by atoms with Crippen LogP contribution in [0.25, 0.3) is 0 Å². The summed E-state index contributed by atoms with van der Waals surface area (Å²) in [5.74, 6) is 1.28. The monoisotopic (exact) mass is 224 g/mol. The predicted molar refractivity (Wildman–Crippen MR) is 72.1 cm³/mol. The Hall–Kier alpha value is -0.530. The van der Waals surface area contributed by atoms with E-state index in [2.05, 4.69) is 24.2 Å². The Morgan fingerprint density at radius 2 is 2.00 bits per heavy atom. The van der Waals surface area contributed by atoms with E-state index in [1.54, 1.807) is 0 Å². The van der Waals surface area contributed by atoms with Crippen molar-refractivity contribution in [3.63, 3.8) is 0 Å². The topological polar surface area (TPSA) is 24.4 Å². The maximum absolute atomic E-state index is 4.66. The number of aliphatic imine (C=N–C) groups is 1. The Bertz CT molecular complexity index is 199. The molecule has 1 heterocycles. The Labute approximate surface area is 101 Å². The first-order valence-corrected chi connectivity index (χ1v) is 7.16. The molecule has 94 valence electrons. The summed E-state index contributed by atoms with van der Waals surface area (Å²) in [5.41, 5.74) is 0. The van der Waals surface area contributed by atoms with Gasteiger partial charge in [-0.3, -0.25) is 4.99 Å². The Kier molecular flexibility index (Phi) is 7.28. The molecule has 0 fully saturated rings. The highest BCUT2D eigenvalue weighted by atomic mass is 15.0. The minimum absolute atomic E-state index is 0.668. The van der Waals surface area contributed by atoms with Gasteiger partial charge in [0.15, 0.2) is 0 Å². The standard InChI is InChI=1S/C14H28N2/c1-3-5-10-13(9-4-2)16-14-11-7-6-8-12-15-14/h13H,3-12H2,1-2H3,(H,15,16). The Balaban J connectivity index is 2.35. The van der Waals surface area contributed by atoms with E-state index in [-0.39, 0.29) is 0 Å². The molecule has 0 aromatic rings. The first kappa shape index (κ1) is 13.5. The molecular weight excluding hydrogens is 196 g/mol. The summed E-state index contributed by atoms with van der Waals surface area (Å²) in [4.78, 5) is 4.66. The molecule has 2 heteroatoms. The van der Waals surface area contributed by atoms with Crippen molar-refractivity contribution in [2.75, 3.05) is 6.54 Å². The van der Waals surface area contributed by atoms with Crippen molar-refractivity contribution >= 4 is 5.84 Å². The molecule has 1 aliphatic heterocycles. The van der Waals surface area contributed by atoms with Crippen molar-refractivity contribution < 1.29 is 0 Å². The smallest absolute Gasteiger partial charge is 0.0965 e. The maximum Gasteiger partial charge on any atom is 0.0965 e. The highest BCUT2D eigenvalue weighted by Crippen LogP contribution is 2.10. The van der Waals surface area contributed by atoms with Crippen molar-refractivity contribution in [1.82, 2.24) is 5.32 Å². The van der Waals surface area contributed by atoms with Crippen LogP contribution in [0.1, 0.15) is 71.6 Å². The molecule has 1 aliphatic rings. The average Bonchev–Trinajstić information content (AvgIpc) is 2.55. The fourth-order valence-electron chi connectivity index (χ4n) is 2.32. The van der Waals surface area contributed by atoms with Gasteiger partial charge in [0, 0.05) is 19.0 Å². The summed E-state index contributed by atoms with van der Waals surface area (Å²) < 4.78 is 0. The third kappa shape index (κ3) is 5.53. The van der Waals surface area contributed by atoms with Gasteiger partial charge < -0.3 is 5.32 Å². The molecule has 1 unspecified atom stereocenters. The number of hydrogen-bond donors (Lipinski definition) is 1. The number of rotatable bonds is 6. The van der Waals surface area contributed by atoms with Crippen molar-refractivity contribution in [2.24, 2.45) is 4.99 Å². The van der Waals surface area contributed by atoms with E-state index >= 15 is 0 Å². The summed E-state index contributed by atoms with van der Waals surface area (Å²) in [6.45, 7) is 5.58. The van der Waals surface area contributed by atoms with E-state index in [0.717, 1.165) is 6.54 Å². The molecule has 0 bridgehead atoms. The second-order valence-electron chi connectivity index (χ2n) is 4.91. The number of unbranched alkanes of at least 4 members (excludes halogenated alkanes) is 1. The van der Waals surface area contributed by atoms with E-state index < -0.39 is 0 Å². The number of nitrogens with one attached hydrogen (secondary N) is 1. The summed E-state index contributed by atoms with van der Waals surface area (Å²) in [7, 11) is 0. The van der Waals surface area contributed by atoms with Gasteiger partial charge in [0.05, 0.1) is 5.84 Å². The molecule has 0 amide bonds. The fourth-order valence-corrected chi connectivity index (χ4v) is 2.32. The van der Waals surface area contributed by atoms with E-state index in [1.165, 1.54) is 63.6 Å². The van der Waals surface area contributed by atoms with Crippen molar-refractivity contribution in [2.45, 2.75) is 77.7 Å². The Morgan fingerprint density at radius 3 is 2.75 bits per heavy atom. The molecule has 1 rings (SSSR count). The molecule has 1 N–H and O–H groups in total. The van der Waals surface area contributed by atoms with Gasteiger partial charge in [-0.2, -0.15) is 0 Å². The van der Waals surface area contributed by atoms with Crippen LogP contribution in [-0.2, 0) is 0 Å². The molecule has 16 heavy (non-hydrogen) atoms. The second kappa shape index (κ2) is 8.60. The van der Waals surface area contributed by atoms with Gasteiger partial charge in [-0.1, -0.05) is 39.5 Å². The Morgan fingerprint density at radius 1 is 1.12 bits per heavy atom. The summed E-state index contributed by atoms with van der Waals surface area (Å²) in [5, 5.41) is 3.68. The largest absolute Gasteiger partial charge is 0.371 e. The van der Waals surface area contributed by atoms with Gasteiger partial charge in [0.1, 0.15) is 0 Å². The van der Waals surface area contributed by atoms with Gasteiger partial charge in [0.25, 0.3) is 0 Å². The van der Waals surface area contributed by atoms with Gasteiger partial charge >= 0.3 is 0 Å². The van der Waals surface area contributed by atoms with Gasteiger partial charge in [-0.15, -0.1) is 0 Å². The molecule has 0 aromatic carbocycles. The zero-order valence-corrected chi connectivity index (χ0v) is 11.1. The highest BCUT2D eigenvalue weighted by molar-refractivity contribution is 5.82. The highest BCUT2D eigenvalue weighted by Gasteiger charge is 2.10. The van der Waals surface area contributed by atoms with Crippen molar-refractivity contribution in [3.8, 4) is 0 Å². The quantitative estimate of drug-likeness (QED) is 0.727. The lowest BCUT2D eigenvalue weighted by atomic mass is 10.0. The molecule has 0 aromatic heterocycles. The van der Waals surface area contributed by atoms with Crippen LogP contribution in [0.3, 0.4) is 0 Å². The van der Waals surface area contributed by atoms with Crippen LogP contribution in [0, 0.1) is 0 Å². The minimum atomic E-state index is 0.668. The molecule has 0 aliphatic carbocycles. The number of nitrogens with zero attached hydrogens (tertiary/aromatic N) is 1. The second-order valence-corrected chi connectivity index (χ2v) is 4.91. The predicted octanol–water partition coefficient (Wildman–Crippen LogP) is 3.91. The molecular formula is C14H28N2. The normalized spacial score (nSPS) is 18.8. The van der Waals surface area contributed by atoms with E-state index in [0.29, 0.717) is 6.04 Å². The SMILES string of the molecule is CCCCC(CCC)NC1=NCCCCC1. The minimum Gasteiger partial charge on any atom is -0.371 e. The first-order valence-electron chi connectivity index (χ1n) is 7.16. The van der Waals surface area contributed by atoms with Crippen molar-refractivity contribution in [3.05, 3.63) is 0 Å². The lowest BCUT2D eigenvalue weighted by molar-refractivity contribution is 0.491. The van der Waals surface area contributed by atoms with Crippen LogP contribution in [0.15, 0.2) is 4.99 Å². The van der Waals surface area contributed by atoms with Gasteiger partial charge in [0.2, 0.25) is 0 Å². The van der Waals surface area contributed by atoms with Crippen LogP contribution in [-0.4, -0.2) is 18.4 Å². The molecule has 0 radical (unpaired) electrons. The number of amidine groups is 1.